The van der Waals surface area contributed by atoms with Crippen LogP contribution in [0.1, 0.15) is 11.0 Å². The zero-order chi connectivity index (χ0) is 11.6. The van der Waals surface area contributed by atoms with Gasteiger partial charge in [-0.2, -0.15) is 8.42 Å². The third-order valence-electron chi connectivity index (χ3n) is 1.67. The Balaban J connectivity index is 3.05. The van der Waals surface area contributed by atoms with Crippen molar-refractivity contribution in [3.8, 4) is 0 Å². The van der Waals surface area contributed by atoms with Crippen molar-refractivity contribution in [3.05, 3.63) is 39.9 Å². The third-order valence-corrected chi connectivity index (χ3v) is 2.51. The van der Waals surface area contributed by atoms with Crippen LogP contribution in [0.3, 0.4) is 0 Å². The minimum absolute atomic E-state index is 0.136. The first-order chi connectivity index (χ1) is 6.82. The smallest absolute Gasteiger partial charge is 0.296 e. The number of rotatable bonds is 3. The van der Waals surface area contributed by atoms with Crippen LogP contribution in [0.25, 0.3) is 0 Å². The minimum atomic E-state index is -4.60. The van der Waals surface area contributed by atoms with Gasteiger partial charge in [0.2, 0.25) is 5.44 Å². The summed E-state index contributed by atoms with van der Waals surface area (Å²) in [6, 6.07) is 4.17. The number of non-ortho nitro benzene ring substituents is 1. The van der Waals surface area contributed by atoms with Crippen LogP contribution in [0.2, 0.25) is 0 Å². The van der Waals surface area contributed by atoms with E-state index < -0.39 is 20.5 Å². The lowest BCUT2D eigenvalue weighted by Crippen LogP contribution is -2.11. The average Bonchev–Trinajstić information content (AvgIpc) is 2.15. The molecule has 0 aliphatic heterocycles. The van der Waals surface area contributed by atoms with E-state index in [9.17, 15) is 18.5 Å². The summed E-state index contributed by atoms with van der Waals surface area (Å²) in [5.74, 6) is 0. The second-order valence-corrected chi connectivity index (χ2v) is 4.19. The van der Waals surface area contributed by atoms with Gasteiger partial charge in [0.15, 0.2) is 0 Å². The summed E-state index contributed by atoms with van der Waals surface area (Å²) >= 11 is 0. The Morgan fingerprint density at radius 2 is 1.73 bits per heavy atom. The molecule has 0 saturated carbocycles. The molecule has 0 saturated heterocycles. The molecule has 2 N–H and O–H groups in total. The number of hydrogen-bond acceptors (Lipinski definition) is 5. The number of nitrogens with zero attached hydrogens (tertiary/aromatic N) is 1. The molecule has 0 bridgehead atoms. The van der Waals surface area contributed by atoms with Crippen LogP contribution in [0.5, 0.6) is 0 Å². The first-order valence-corrected chi connectivity index (χ1v) is 5.21. The highest BCUT2D eigenvalue weighted by Crippen LogP contribution is 2.20. The van der Waals surface area contributed by atoms with Gasteiger partial charge in [0, 0.05) is 12.1 Å². The Morgan fingerprint density at radius 3 is 2.07 bits per heavy atom. The van der Waals surface area contributed by atoms with E-state index >= 15 is 0 Å². The van der Waals surface area contributed by atoms with Crippen LogP contribution in [0.15, 0.2) is 24.3 Å². The van der Waals surface area contributed by atoms with Gasteiger partial charge >= 0.3 is 0 Å². The topological polar surface area (TPSA) is 118 Å². The molecule has 1 aromatic carbocycles. The SMILES string of the molecule is O=[N+]([O-])c1ccc([C@H](O)S(=O)(=O)O)cc1. The number of nitro groups is 1. The Morgan fingerprint density at radius 1 is 1.27 bits per heavy atom. The van der Waals surface area contributed by atoms with E-state index in [-0.39, 0.29) is 11.3 Å². The number of benzene rings is 1. The Kier molecular flexibility index (Phi) is 3.03. The lowest BCUT2D eigenvalue weighted by Gasteiger charge is -2.06. The molecule has 0 amide bonds. The molecule has 1 rings (SSSR count). The van der Waals surface area contributed by atoms with Crippen molar-refractivity contribution in [2.45, 2.75) is 5.44 Å². The van der Waals surface area contributed by atoms with E-state index in [4.69, 9.17) is 9.66 Å². The van der Waals surface area contributed by atoms with Crippen molar-refractivity contribution < 1.29 is 23.0 Å². The molecule has 1 atom stereocenters. The molecule has 0 fully saturated rings. The normalized spacial score (nSPS) is 13.5. The van der Waals surface area contributed by atoms with E-state index in [0.29, 0.717) is 0 Å². The summed E-state index contributed by atoms with van der Waals surface area (Å²) in [6.07, 6.45) is 0. The second kappa shape index (κ2) is 3.93. The van der Waals surface area contributed by atoms with Crippen molar-refractivity contribution in [2.24, 2.45) is 0 Å². The Bertz CT molecular complexity index is 465. The van der Waals surface area contributed by atoms with Crippen molar-refractivity contribution in [2.75, 3.05) is 0 Å². The maximum Gasteiger partial charge on any atom is 0.296 e. The standard InChI is InChI=1S/C7H7NO6S/c9-7(15(12,13)14)5-1-3-6(4-2-5)8(10)11/h1-4,7,9H,(H,12,13,14)/t7-/m1/s1. The molecule has 0 radical (unpaired) electrons. The molecule has 0 aromatic heterocycles. The van der Waals surface area contributed by atoms with E-state index in [1.54, 1.807) is 0 Å². The minimum Gasteiger partial charge on any atom is -0.371 e. The van der Waals surface area contributed by atoms with Gasteiger partial charge in [-0.3, -0.25) is 14.7 Å². The summed E-state index contributed by atoms with van der Waals surface area (Å²) in [4.78, 5) is 9.59. The molecule has 1 aromatic rings. The number of nitro benzene ring substituents is 1. The van der Waals surface area contributed by atoms with Gasteiger partial charge in [-0.25, -0.2) is 0 Å². The molecule has 82 valence electrons. The molecule has 7 nitrogen and oxygen atoms in total. The molecule has 0 aliphatic carbocycles. The van der Waals surface area contributed by atoms with Crippen LogP contribution in [-0.4, -0.2) is 23.0 Å². The van der Waals surface area contributed by atoms with Crippen LogP contribution in [0, 0.1) is 10.1 Å². The van der Waals surface area contributed by atoms with Gasteiger partial charge in [0.05, 0.1) is 4.92 Å². The second-order valence-electron chi connectivity index (χ2n) is 2.72. The monoisotopic (exact) mass is 233 g/mol. The molecule has 0 aliphatic rings. The van der Waals surface area contributed by atoms with Crippen LogP contribution in [0.4, 0.5) is 5.69 Å². The summed E-state index contributed by atoms with van der Waals surface area (Å²) in [5.41, 5.74) is -2.46. The van der Waals surface area contributed by atoms with Gasteiger partial charge in [0.25, 0.3) is 15.8 Å². The van der Waals surface area contributed by atoms with Gasteiger partial charge < -0.3 is 5.11 Å². The van der Waals surface area contributed by atoms with Crippen molar-refractivity contribution >= 4 is 15.8 Å². The maximum absolute atomic E-state index is 10.5. The molecule has 15 heavy (non-hydrogen) atoms. The largest absolute Gasteiger partial charge is 0.371 e. The molecule has 8 heteroatoms. The molecule has 0 heterocycles. The van der Waals surface area contributed by atoms with E-state index in [1.165, 1.54) is 0 Å². The van der Waals surface area contributed by atoms with E-state index in [0.717, 1.165) is 24.3 Å². The third kappa shape index (κ3) is 2.72. The molecule has 0 unspecified atom stereocenters. The maximum atomic E-state index is 10.5. The van der Waals surface area contributed by atoms with Crippen molar-refractivity contribution in [1.82, 2.24) is 0 Å². The van der Waals surface area contributed by atoms with Crippen LogP contribution in [-0.2, 0) is 10.1 Å². The Hall–Kier alpha value is -1.51. The Labute approximate surface area is 84.9 Å². The number of aliphatic hydroxyl groups is 1. The molecular weight excluding hydrogens is 226 g/mol. The number of aliphatic hydroxyl groups excluding tert-OH is 1. The first-order valence-electron chi connectivity index (χ1n) is 3.71. The van der Waals surface area contributed by atoms with Gasteiger partial charge in [-0.15, -0.1) is 0 Å². The van der Waals surface area contributed by atoms with Gasteiger partial charge in [-0.1, -0.05) is 0 Å². The van der Waals surface area contributed by atoms with Gasteiger partial charge in [0.1, 0.15) is 0 Å². The van der Waals surface area contributed by atoms with Gasteiger partial charge in [-0.05, 0) is 17.7 Å². The fourth-order valence-corrected chi connectivity index (χ4v) is 1.43. The van der Waals surface area contributed by atoms with Crippen LogP contribution >= 0.6 is 0 Å². The van der Waals surface area contributed by atoms with Crippen molar-refractivity contribution in [1.29, 1.82) is 0 Å². The quantitative estimate of drug-likeness (QED) is 0.445. The molecular formula is C7H7NO6S. The zero-order valence-corrected chi connectivity index (χ0v) is 8.09. The fourth-order valence-electron chi connectivity index (χ4n) is 0.933. The van der Waals surface area contributed by atoms with Crippen LogP contribution < -0.4 is 0 Å². The first kappa shape index (κ1) is 11.6. The zero-order valence-electron chi connectivity index (χ0n) is 7.27. The average molecular weight is 233 g/mol. The van der Waals surface area contributed by atoms with E-state index in [1.807, 2.05) is 0 Å². The van der Waals surface area contributed by atoms with E-state index in [2.05, 4.69) is 0 Å². The fraction of sp³-hybridized carbons (Fsp3) is 0.143. The summed E-state index contributed by atoms with van der Waals surface area (Å²) in [5, 5.41) is 19.3. The highest BCUT2D eigenvalue weighted by atomic mass is 32.2. The lowest BCUT2D eigenvalue weighted by molar-refractivity contribution is -0.384. The number of hydrogen-bond donors (Lipinski definition) is 2. The highest BCUT2D eigenvalue weighted by Gasteiger charge is 2.22. The highest BCUT2D eigenvalue weighted by molar-refractivity contribution is 7.85. The van der Waals surface area contributed by atoms with Crippen molar-refractivity contribution in [3.63, 3.8) is 0 Å². The summed E-state index contributed by atoms with van der Waals surface area (Å²) in [7, 11) is -4.60. The summed E-state index contributed by atoms with van der Waals surface area (Å²) in [6.45, 7) is 0. The molecule has 0 spiro atoms. The predicted octanol–water partition coefficient (Wildman–Crippen LogP) is 0.473. The lowest BCUT2D eigenvalue weighted by atomic mass is 10.2. The summed E-state index contributed by atoms with van der Waals surface area (Å²) < 4.78 is 29.6. The predicted molar refractivity (Wildman–Crippen MR) is 49.6 cm³/mol.